The van der Waals surface area contributed by atoms with Gasteiger partial charge in [0.1, 0.15) is 0 Å². The van der Waals surface area contributed by atoms with E-state index in [1.165, 1.54) is 11.3 Å². The zero-order valence-electron chi connectivity index (χ0n) is 15.6. The molecule has 0 unspecified atom stereocenters. The summed E-state index contributed by atoms with van der Waals surface area (Å²) >= 11 is 1.51. The van der Waals surface area contributed by atoms with Crippen molar-refractivity contribution in [1.29, 1.82) is 0 Å². The first-order valence-corrected chi connectivity index (χ1v) is 10.3. The minimum Gasteiger partial charge on any atom is -0.341 e. The molecule has 1 aliphatic heterocycles. The second-order valence-corrected chi connectivity index (χ2v) is 7.52. The second-order valence-electron chi connectivity index (χ2n) is 6.80. The number of hydrogen-bond acceptors (Lipinski definition) is 5. The number of carbonyl (C=O) groups is 2. The minimum absolute atomic E-state index is 0.0328. The molecule has 1 aromatic carbocycles. The van der Waals surface area contributed by atoms with Crippen molar-refractivity contribution in [3.05, 3.63) is 46.9 Å². The van der Waals surface area contributed by atoms with E-state index in [1.807, 2.05) is 52.4 Å². The molecule has 3 rings (SSSR count). The van der Waals surface area contributed by atoms with Gasteiger partial charge in [0.2, 0.25) is 11.8 Å². The minimum atomic E-state index is -0.564. The number of likely N-dealkylation sites (tertiary alicyclic amines) is 1. The smallest absolute Gasteiger partial charge is 0.239 e. The molecule has 0 saturated carbocycles. The number of amides is 2. The van der Waals surface area contributed by atoms with Gasteiger partial charge in [-0.2, -0.15) is 0 Å². The van der Waals surface area contributed by atoms with Crippen LogP contribution in [0, 0.1) is 0 Å². The predicted molar refractivity (Wildman–Crippen MR) is 108 cm³/mol. The third-order valence-electron chi connectivity index (χ3n) is 4.98. The van der Waals surface area contributed by atoms with Crippen LogP contribution in [-0.4, -0.2) is 46.9 Å². The molecule has 2 heterocycles. The van der Waals surface area contributed by atoms with Crippen LogP contribution in [0.1, 0.15) is 31.9 Å². The Labute approximate surface area is 164 Å². The number of para-hydroxylation sites is 1. The van der Waals surface area contributed by atoms with Crippen molar-refractivity contribution in [3.63, 3.8) is 0 Å². The number of nitrogens with zero attached hydrogens (tertiary/aromatic N) is 3. The Bertz CT molecular complexity index is 743. The molecule has 144 valence electrons. The molecule has 6 nitrogen and oxygen atoms in total. The van der Waals surface area contributed by atoms with Crippen molar-refractivity contribution in [2.45, 2.75) is 44.7 Å². The van der Waals surface area contributed by atoms with Crippen molar-refractivity contribution in [2.24, 2.45) is 5.73 Å². The molecule has 2 amide bonds. The van der Waals surface area contributed by atoms with Crippen molar-refractivity contribution in [1.82, 2.24) is 9.88 Å². The summed E-state index contributed by atoms with van der Waals surface area (Å²) in [5, 5.41) is 1.92. The maximum Gasteiger partial charge on any atom is 0.239 e. The summed E-state index contributed by atoms with van der Waals surface area (Å²) in [5.74, 6) is 0.0840. The standard InChI is InChI=1S/C20H26N4O2S/c1-2-19(25)24(16-6-4-3-5-7-16)17-8-10-23(11-9-17)20(26)18(21)12-15-13-27-14-22-15/h3-7,13-14,17-18H,2,8-12,21H2,1H3/t18-/m0/s1. The number of nitrogens with two attached hydrogens (primary N) is 1. The molecule has 2 N–H and O–H groups in total. The molecule has 0 spiro atoms. The third-order valence-corrected chi connectivity index (χ3v) is 5.61. The Morgan fingerprint density at radius 2 is 2.00 bits per heavy atom. The highest BCUT2D eigenvalue weighted by Crippen LogP contribution is 2.25. The molecule has 1 aromatic heterocycles. The fourth-order valence-corrected chi connectivity index (χ4v) is 4.12. The molecule has 1 fully saturated rings. The first kappa shape index (κ1) is 19.5. The van der Waals surface area contributed by atoms with E-state index in [0.717, 1.165) is 24.2 Å². The molecule has 7 heteroatoms. The van der Waals surface area contributed by atoms with Gasteiger partial charge in [-0.3, -0.25) is 9.59 Å². The summed E-state index contributed by atoms with van der Waals surface area (Å²) in [6, 6.07) is 9.32. The van der Waals surface area contributed by atoms with Crippen LogP contribution in [0.3, 0.4) is 0 Å². The maximum absolute atomic E-state index is 12.7. The number of rotatable bonds is 6. The Kier molecular flexibility index (Phi) is 6.58. The average molecular weight is 387 g/mol. The van der Waals surface area contributed by atoms with Gasteiger partial charge in [-0.05, 0) is 25.0 Å². The summed E-state index contributed by atoms with van der Waals surface area (Å²) in [6.45, 7) is 3.12. The van der Waals surface area contributed by atoms with E-state index in [1.54, 1.807) is 5.51 Å². The van der Waals surface area contributed by atoms with E-state index in [-0.39, 0.29) is 17.9 Å². The fraction of sp³-hybridized carbons (Fsp3) is 0.450. The number of carbonyl (C=O) groups excluding carboxylic acids is 2. The van der Waals surface area contributed by atoms with E-state index in [9.17, 15) is 9.59 Å². The van der Waals surface area contributed by atoms with Crippen LogP contribution in [0.5, 0.6) is 0 Å². The molecule has 1 saturated heterocycles. The van der Waals surface area contributed by atoms with E-state index in [0.29, 0.717) is 25.9 Å². The zero-order chi connectivity index (χ0) is 19.2. The van der Waals surface area contributed by atoms with Gasteiger partial charge in [-0.1, -0.05) is 25.1 Å². The molecule has 1 atom stereocenters. The molecule has 0 aliphatic carbocycles. The number of piperidine rings is 1. The highest BCUT2D eigenvalue weighted by molar-refractivity contribution is 7.07. The highest BCUT2D eigenvalue weighted by Gasteiger charge is 2.31. The second kappa shape index (κ2) is 9.10. The van der Waals surface area contributed by atoms with E-state index in [2.05, 4.69) is 4.98 Å². The lowest BCUT2D eigenvalue weighted by molar-refractivity contribution is -0.133. The monoisotopic (exact) mass is 386 g/mol. The van der Waals surface area contributed by atoms with E-state index in [4.69, 9.17) is 5.73 Å². The van der Waals surface area contributed by atoms with Gasteiger partial charge < -0.3 is 15.5 Å². The van der Waals surface area contributed by atoms with Gasteiger partial charge in [0, 0.05) is 43.0 Å². The van der Waals surface area contributed by atoms with Crippen molar-refractivity contribution in [2.75, 3.05) is 18.0 Å². The van der Waals surface area contributed by atoms with Gasteiger partial charge in [0.05, 0.1) is 17.2 Å². The summed E-state index contributed by atoms with van der Waals surface area (Å²) in [4.78, 5) is 33.1. The van der Waals surface area contributed by atoms with Gasteiger partial charge in [-0.15, -0.1) is 11.3 Å². The predicted octanol–water partition coefficient (Wildman–Crippen LogP) is 2.45. The van der Waals surface area contributed by atoms with Gasteiger partial charge in [0.15, 0.2) is 0 Å². The van der Waals surface area contributed by atoms with Crippen molar-refractivity contribution < 1.29 is 9.59 Å². The summed E-state index contributed by atoms with van der Waals surface area (Å²) < 4.78 is 0. The Hall–Kier alpha value is -2.25. The topological polar surface area (TPSA) is 79.5 Å². The first-order valence-electron chi connectivity index (χ1n) is 9.38. The van der Waals surface area contributed by atoms with E-state index >= 15 is 0 Å². The lowest BCUT2D eigenvalue weighted by atomic mass is 10.0. The number of benzene rings is 1. The zero-order valence-corrected chi connectivity index (χ0v) is 16.4. The first-order chi connectivity index (χ1) is 13.1. The van der Waals surface area contributed by atoms with Crippen molar-refractivity contribution >= 4 is 28.8 Å². The van der Waals surface area contributed by atoms with Crippen molar-refractivity contribution in [3.8, 4) is 0 Å². The molecular weight excluding hydrogens is 360 g/mol. The molecule has 0 bridgehead atoms. The Morgan fingerprint density at radius 1 is 1.30 bits per heavy atom. The maximum atomic E-state index is 12.7. The van der Waals surface area contributed by atoms with E-state index < -0.39 is 6.04 Å². The van der Waals surface area contributed by atoms with Crippen LogP contribution in [-0.2, 0) is 16.0 Å². The number of thiazole rings is 1. The molecule has 2 aromatic rings. The quantitative estimate of drug-likeness (QED) is 0.827. The largest absolute Gasteiger partial charge is 0.341 e. The van der Waals surface area contributed by atoms with Gasteiger partial charge in [0.25, 0.3) is 0 Å². The molecular formula is C20H26N4O2S. The number of aromatic nitrogens is 1. The molecule has 0 radical (unpaired) electrons. The SMILES string of the molecule is CCC(=O)N(c1ccccc1)C1CCN(C(=O)[C@@H](N)Cc2cscn2)CC1. The third kappa shape index (κ3) is 4.73. The summed E-state index contributed by atoms with van der Waals surface area (Å²) in [5.41, 5.74) is 9.64. The van der Waals surface area contributed by atoms with Crippen LogP contribution >= 0.6 is 11.3 Å². The Balaban J connectivity index is 1.61. The lowest BCUT2D eigenvalue weighted by Gasteiger charge is -2.39. The fourth-order valence-electron chi connectivity index (χ4n) is 3.55. The van der Waals surface area contributed by atoms with Gasteiger partial charge in [-0.25, -0.2) is 4.98 Å². The molecule has 1 aliphatic rings. The summed E-state index contributed by atoms with van der Waals surface area (Å²) in [6.07, 6.45) is 2.45. The van der Waals surface area contributed by atoms with Crippen LogP contribution in [0.4, 0.5) is 5.69 Å². The summed E-state index contributed by atoms with van der Waals surface area (Å²) in [7, 11) is 0. The number of anilines is 1. The van der Waals surface area contributed by atoms with Crippen LogP contribution in [0.2, 0.25) is 0 Å². The molecule has 27 heavy (non-hydrogen) atoms. The number of hydrogen-bond donors (Lipinski definition) is 1. The van der Waals surface area contributed by atoms with Crippen LogP contribution in [0.15, 0.2) is 41.2 Å². The van der Waals surface area contributed by atoms with Gasteiger partial charge >= 0.3 is 0 Å². The van der Waals surface area contributed by atoms with Crippen LogP contribution in [0.25, 0.3) is 0 Å². The highest BCUT2D eigenvalue weighted by atomic mass is 32.1. The van der Waals surface area contributed by atoms with Crippen LogP contribution < -0.4 is 10.6 Å². The Morgan fingerprint density at radius 3 is 2.59 bits per heavy atom. The normalized spacial score (nSPS) is 16.1. The lowest BCUT2D eigenvalue weighted by Crippen LogP contribution is -2.52. The average Bonchev–Trinajstić information content (AvgIpc) is 3.22.